The van der Waals surface area contributed by atoms with Gasteiger partial charge in [-0.25, -0.2) is 5.43 Å². The number of hydrogen-bond donors (Lipinski definition) is 3. The van der Waals surface area contributed by atoms with E-state index in [1.165, 1.54) is 12.1 Å². The Morgan fingerprint density at radius 2 is 2.06 bits per heavy atom. The molecule has 0 bridgehead atoms. The number of hydrogen-bond acceptors (Lipinski definition) is 3. The van der Waals surface area contributed by atoms with Gasteiger partial charge in [0.15, 0.2) is 0 Å². The number of hydrazine groups is 1. The average molecular weight is 283 g/mol. The lowest BCUT2D eigenvalue weighted by Crippen LogP contribution is -2.49. The Bertz CT molecular complexity index is 451. The number of rotatable bonds is 3. The molecule has 0 aliphatic carbocycles. The summed E-state index contributed by atoms with van der Waals surface area (Å²) in [7, 11) is 0. The summed E-state index contributed by atoms with van der Waals surface area (Å²) >= 11 is 5.60. The number of phenolic OH excluding ortho intramolecular Hbond substituents is 1. The predicted octanol–water partition coefficient (Wildman–Crippen LogP) is 2.23. The van der Waals surface area contributed by atoms with Crippen LogP contribution in [0.25, 0.3) is 0 Å². The molecule has 4 nitrogen and oxygen atoms in total. The molecule has 0 saturated heterocycles. The summed E-state index contributed by atoms with van der Waals surface area (Å²) < 4.78 is 36.5. The first-order valence-corrected chi connectivity index (χ1v) is 5.20. The van der Waals surface area contributed by atoms with Gasteiger partial charge in [-0.2, -0.15) is 13.2 Å². The molecule has 1 atom stereocenters. The van der Waals surface area contributed by atoms with Crippen LogP contribution in [0.15, 0.2) is 18.2 Å². The number of nitrogens with one attached hydrogen (secondary N) is 2. The van der Waals surface area contributed by atoms with E-state index in [1.54, 1.807) is 5.43 Å². The lowest BCUT2D eigenvalue weighted by atomic mass is 10.2. The number of halogens is 4. The summed E-state index contributed by atoms with van der Waals surface area (Å²) in [5, 5.41) is 9.54. The Morgan fingerprint density at radius 1 is 1.44 bits per heavy atom. The van der Waals surface area contributed by atoms with E-state index < -0.39 is 18.1 Å². The molecule has 0 fully saturated rings. The van der Waals surface area contributed by atoms with Crippen molar-refractivity contribution in [3.8, 4) is 5.75 Å². The highest BCUT2D eigenvalue weighted by molar-refractivity contribution is 6.31. The van der Waals surface area contributed by atoms with Gasteiger partial charge < -0.3 is 5.11 Å². The van der Waals surface area contributed by atoms with Crippen LogP contribution in [0, 0.1) is 0 Å². The highest BCUT2D eigenvalue weighted by Crippen LogP contribution is 2.21. The van der Waals surface area contributed by atoms with Crippen LogP contribution >= 0.6 is 11.6 Å². The van der Waals surface area contributed by atoms with E-state index in [0.717, 1.165) is 13.0 Å². The highest BCUT2D eigenvalue weighted by Gasteiger charge is 2.36. The second kappa shape index (κ2) is 5.45. The molecule has 18 heavy (non-hydrogen) atoms. The Kier molecular flexibility index (Phi) is 4.42. The molecular weight excluding hydrogens is 273 g/mol. The van der Waals surface area contributed by atoms with Crippen molar-refractivity contribution in [3.63, 3.8) is 0 Å². The van der Waals surface area contributed by atoms with Crippen LogP contribution in [0.1, 0.15) is 17.3 Å². The Labute approximate surface area is 106 Å². The fourth-order valence-electron chi connectivity index (χ4n) is 1.01. The number of alkyl halides is 3. The van der Waals surface area contributed by atoms with E-state index in [0.29, 0.717) is 0 Å². The lowest BCUT2D eigenvalue weighted by Gasteiger charge is -2.17. The van der Waals surface area contributed by atoms with E-state index in [4.69, 9.17) is 11.6 Å². The summed E-state index contributed by atoms with van der Waals surface area (Å²) in [5.41, 5.74) is 3.42. The molecule has 0 heterocycles. The Balaban J connectivity index is 2.69. The van der Waals surface area contributed by atoms with Gasteiger partial charge in [-0.1, -0.05) is 11.6 Å². The molecule has 8 heteroatoms. The molecular formula is C10H10ClF3N2O2. The molecule has 0 spiro atoms. The summed E-state index contributed by atoms with van der Waals surface area (Å²) in [6.07, 6.45) is -4.48. The maximum Gasteiger partial charge on any atom is 0.405 e. The summed E-state index contributed by atoms with van der Waals surface area (Å²) in [5.74, 6) is -1.29. The van der Waals surface area contributed by atoms with Crippen LogP contribution in [0.2, 0.25) is 5.02 Å². The molecule has 0 aromatic heterocycles. The van der Waals surface area contributed by atoms with Crippen LogP contribution in [-0.2, 0) is 0 Å². The van der Waals surface area contributed by atoms with E-state index in [1.807, 2.05) is 5.43 Å². The van der Waals surface area contributed by atoms with Crippen LogP contribution in [-0.4, -0.2) is 23.2 Å². The summed E-state index contributed by atoms with van der Waals surface area (Å²) in [6, 6.07) is 1.75. The molecule has 100 valence electrons. The monoisotopic (exact) mass is 282 g/mol. The third kappa shape index (κ3) is 3.78. The summed E-state index contributed by atoms with van der Waals surface area (Å²) in [4.78, 5) is 11.5. The van der Waals surface area contributed by atoms with E-state index in [2.05, 4.69) is 0 Å². The van der Waals surface area contributed by atoms with Crippen LogP contribution in [0.5, 0.6) is 5.75 Å². The third-order valence-electron chi connectivity index (χ3n) is 2.10. The van der Waals surface area contributed by atoms with Gasteiger partial charge in [0.25, 0.3) is 5.91 Å². The maximum atomic E-state index is 12.2. The smallest absolute Gasteiger partial charge is 0.405 e. The van der Waals surface area contributed by atoms with Gasteiger partial charge in [0, 0.05) is 5.02 Å². The summed E-state index contributed by atoms with van der Waals surface area (Å²) in [6.45, 7) is 0.845. The molecule has 0 aliphatic rings. The first kappa shape index (κ1) is 14.6. The second-order valence-electron chi connectivity index (χ2n) is 3.52. The van der Waals surface area contributed by atoms with Crippen molar-refractivity contribution >= 4 is 17.5 Å². The molecule has 1 rings (SSSR count). The lowest BCUT2D eigenvalue weighted by molar-refractivity contribution is -0.153. The fourth-order valence-corrected chi connectivity index (χ4v) is 1.19. The van der Waals surface area contributed by atoms with Gasteiger partial charge in [0.05, 0.1) is 5.56 Å². The molecule has 0 radical (unpaired) electrons. The third-order valence-corrected chi connectivity index (χ3v) is 2.33. The maximum absolute atomic E-state index is 12.2. The van der Waals surface area contributed by atoms with Gasteiger partial charge in [0.2, 0.25) is 0 Å². The Morgan fingerprint density at radius 3 is 2.61 bits per heavy atom. The highest BCUT2D eigenvalue weighted by atomic mass is 35.5. The zero-order valence-electron chi connectivity index (χ0n) is 9.18. The minimum absolute atomic E-state index is 0.182. The number of phenols is 1. The SMILES string of the molecule is CC(NNC(=O)c1cc(Cl)ccc1O)C(F)(F)F. The predicted molar refractivity (Wildman–Crippen MR) is 59.2 cm³/mol. The van der Waals surface area contributed by atoms with Crippen molar-refractivity contribution in [2.75, 3.05) is 0 Å². The number of aromatic hydroxyl groups is 1. The van der Waals surface area contributed by atoms with Crippen molar-refractivity contribution < 1.29 is 23.1 Å². The average Bonchev–Trinajstić information content (AvgIpc) is 2.27. The standard InChI is InChI=1S/C10H10ClF3N2O2/c1-5(10(12,13)14)15-16-9(18)7-4-6(11)2-3-8(7)17/h2-5,15,17H,1H3,(H,16,18). The number of carbonyl (C=O) groups is 1. The first-order chi connectivity index (χ1) is 8.21. The van der Waals surface area contributed by atoms with E-state index in [-0.39, 0.29) is 16.3 Å². The minimum Gasteiger partial charge on any atom is -0.507 e. The van der Waals surface area contributed by atoms with Crippen molar-refractivity contribution in [3.05, 3.63) is 28.8 Å². The number of carbonyl (C=O) groups excluding carboxylic acids is 1. The van der Waals surface area contributed by atoms with Crippen molar-refractivity contribution in [1.29, 1.82) is 0 Å². The zero-order chi connectivity index (χ0) is 13.9. The first-order valence-electron chi connectivity index (χ1n) is 4.83. The van der Waals surface area contributed by atoms with Crippen molar-refractivity contribution in [1.82, 2.24) is 10.9 Å². The number of benzene rings is 1. The second-order valence-corrected chi connectivity index (χ2v) is 3.96. The molecule has 1 aromatic rings. The number of amides is 1. The minimum atomic E-state index is -4.48. The van der Waals surface area contributed by atoms with Gasteiger partial charge in [0.1, 0.15) is 11.8 Å². The molecule has 1 amide bonds. The van der Waals surface area contributed by atoms with E-state index >= 15 is 0 Å². The van der Waals surface area contributed by atoms with Gasteiger partial charge in [-0.3, -0.25) is 10.2 Å². The van der Waals surface area contributed by atoms with Gasteiger partial charge in [-0.05, 0) is 25.1 Å². The largest absolute Gasteiger partial charge is 0.507 e. The normalized spacial score (nSPS) is 13.2. The Hall–Kier alpha value is -1.47. The van der Waals surface area contributed by atoms with E-state index in [9.17, 15) is 23.1 Å². The van der Waals surface area contributed by atoms with Crippen molar-refractivity contribution in [2.45, 2.75) is 19.1 Å². The zero-order valence-corrected chi connectivity index (χ0v) is 9.93. The van der Waals surface area contributed by atoms with Gasteiger partial charge >= 0.3 is 6.18 Å². The van der Waals surface area contributed by atoms with Gasteiger partial charge in [-0.15, -0.1) is 0 Å². The molecule has 0 aliphatic heterocycles. The fraction of sp³-hybridized carbons (Fsp3) is 0.300. The van der Waals surface area contributed by atoms with Crippen LogP contribution in [0.3, 0.4) is 0 Å². The van der Waals surface area contributed by atoms with Crippen LogP contribution < -0.4 is 10.9 Å². The quantitative estimate of drug-likeness (QED) is 0.745. The molecule has 3 N–H and O–H groups in total. The molecule has 0 saturated carbocycles. The molecule has 1 unspecified atom stereocenters. The molecule has 1 aromatic carbocycles. The topological polar surface area (TPSA) is 61.4 Å². The van der Waals surface area contributed by atoms with Crippen LogP contribution in [0.4, 0.5) is 13.2 Å². The van der Waals surface area contributed by atoms with Crippen molar-refractivity contribution in [2.24, 2.45) is 0 Å².